The minimum absolute atomic E-state index is 0.00599. The van der Waals surface area contributed by atoms with Crippen LogP contribution in [-0.4, -0.2) is 213 Å². The van der Waals surface area contributed by atoms with E-state index in [1.807, 2.05) is 32.1 Å². The number of ether oxygens (including phenoxy) is 10. The van der Waals surface area contributed by atoms with Crippen molar-refractivity contribution in [1.29, 1.82) is 0 Å². The van der Waals surface area contributed by atoms with Crippen molar-refractivity contribution in [2.45, 2.75) is 102 Å². The number of halogens is 1. The van der Waals surface area contributed by atoms with E-state index in [2.05, 4.69) is 15.4 Å². The predicted octanol–water partition coefficient (Wildman–Crippen LogP) is 1.83. The van der Waals surface area contributed by atoms with Gasteiger partial charge in [0.25, 0.3) is 18.3 Å². The lowest BCUT2D eigenvalue weighted by Crippen LogP contribution is -2.47. The first-order chi connectivity index (χ1) is 38.3. The SMILES string of the molecule is COc1cc2cc(c1Cl)N(C)C(=O)CC(OC(=O)[C@H](C)N(C)C(=O)CCOCCN=CC(=NN)OCCOCCOCCOCCNC(=O)CCN1C(=O)C=CC1=O)[C@]1(C)OC1[C@H](C)C(OC=O)CC(N)C(OC)/C=C/C=C(\C)C2. The van der Waals surface area contributed by atoms with Crippen molar-refractivity contribution in [1.82, 2.24) is 15.1 Å². The summed E-state index contributed by atoms with van der Waals surface area (Å²) < 4.78 is 56.8. The molecule has 5 unspecified atom stereocenters. The number of nitrogens with two attached hydrogens (primary N) is 2. The Morgan fingerprint density at radius 1 is 0.988 bits per heavy atom. The highest BCUT2D eigenvalue weighted by Crippen LogP contribution is 2.48. The van der Waals surface area contributed by atoms with E-state index in [1.165, 1.54) is 56.4 Å². The number of imide groups is 1. The molecule has 8 atom stereocenters. The zero-order chi connectivity index (χ0) is 58.8. The fourth-order valence-corrected chi connectivity index (χ4v) is 8.92. The number of hydrogen-bond acceptors (Lipinski definition) is 21. The van der Waals surface area contributed by atoms with E-state index in [0.29, 0.717) is 50.8 Å². The van der Waals surface area contributed by atoms with Gasteiger partial charge < -0.3 is 74.1 Å². The number of anilines is 1. The topological polar surface area (TPSA) is 314 Å². The number of epoxide rings is 1. The maximum absolute atomic E-state index is 14.3. The van der Waals surface area contributed by atoms with E-state index in [4.69, 9.17) is 70.5 Å². The summed E-state index contributed by atoms with van der Waals surface area (Å²) in [6, 6.07) is 1.90. The minimum atomic E-state index is -1.24. The van der Waals surface area contributed by atoms with Gasteiger partial charge in [0, 0.05) is 71.2 Å². The van der Waals surface area contributed by atoms with Gasteiger partial charge >= 0.3 is 5.97 Å². The third kappa shape index (κ3) is 20.7. The predicted molar refractivity (Wildman–Crippen MR) is 294 cm³/mol. The quantitative estimate of drug-likeness (QED) is 0.0119. The molecule has 1 saturated heterocycles. The molecular formula is C54H79ClN8O17. The molecule has 0 aliphatic carbocycles. The molecule has 3 heterocycles. The van der Waals surface area contributed by atoms with Crippen molar-refractivity contribution in [3.63, 3.8) is 0 Å². The molecule has 2 bridgehead atoms. The molecular weight excluding hydrogens is 1070 g/mol. The average Bonchev–Trinajstić information content (AvgIpc) is 4.27. The first-order valence-electron chi connectivity index (χ1n) is 26.3. The molecule has 4 rings (SSSR count). The summed E-state index contributed by atoms with van der Waals surface area (Å²) in [4.78, 5) is 96.3. The summed E-state index contributed by atoms with van der Waals surface area (Å²) in [6.45, 7) is 9.86. The molecule has 1 aromatic rings. The smallest absolute Gasteiger partial charge is 0.328 e. The number of hydrogen-bond donors (Lipinski definition) is 3. The van der Waals surface area contributed by atoms with Crippen molar-refractivity contribution in [3.8, 4) is 5.75 Å². The Kier molecular flexibility index (Phi) is 28.2. The van der Waals surface area contributed by atoms with Gasteiger partial charge in [0.15, 0.2) is 0 Å². The number of fused-ring (bicyclic) bond motifs is 3. The van der Waals surface area contributed by atoms with Crippen LogP contribution in [0.5, 0.6) is 5.75 Å². The monoisotopic (exact) mass is 1150 g/mol. The summed E-state index contributed by atoms with van der Waals surface area (Å²) >= 11 is 6.81. The van der Waals surface area contributed by atoms with Crippen LogP contribution in [0.3, 0.4) is 0 Å². The van der Waals surface area contributed by atoms with Crippen LogP contribution < -0.4 is 26.5 Å². The van der Waals surface area contributed by atoms with Gasteiger partial charge in [-0.25, -0.2) is 4.79 Å². The van der Waals surface area contributed by atoms with E-state index in [0.717, 1.165) is 16.0 Å². The Labute approximate surface area is 472 Å². The average molecular weight is 1150 g/mol. The lowest BCUT2D eigenvalue weighted by atomic mass is 9.85. The van der Waals surface area contributed by atoms with Crippen LogP contribution in [0.15, 0.2) is 58.2 Å². The number of nitrogens with one attached hydrogen (secondary N) is 1. The fraction of sp³-hybridized carbons (Fsp3) is 0.611. The molecule has 444 valence electrons. The minimum Gasteiger partial charge on any atom is -0.495 e. The highest BCUT2D eigenvalue weighted by atomic mass is 35.5. The fourth-order valence-electron chi connectivity index (χ4n) is 8.60. The molecule has 0 saturated carbocycles. The summed E-state index contributed by atoms with van der Waals surface area (Å²) in [6.07, 6.45) is 6.42. The number of nitrogens with zero attached hydrogens (tertiary/aromatic N) is 5. The zero-order valence-corrected chi connectivity index (χ0v) is 47.7. The standard InChI is InChI=1S/C54H79ClN8O17/c1-35-10-9-11-41(71-7)39(56)31-42(78-34-64)36(2)52-54(4,80-52)44(32-50(69)62(6)40-29-38(28-35)30-43(72-8)51(40)55)79-53(70)37(3)61(5)47(66)15-19-73-20-16-58-33-46(60-57)77-27-26-76-25-24-75-23-22-74-21-17-59-45(65)14-18-63-48(67)12-13-49(63)68/h9-13,29-30,33-34,36-37,39,41-42,44,52H,14-28,31-32,56-57H2,1-8H3,(H,59,65)/b11-9+,35-10+,58-33?,60-46?/t36-,37+,39?,41?,42?,44?,52?,54+/m1/s1. The Bertz CT molecular complexity index is 2390. The van der Waals surface area contributed by atoms with Crippen molar-refractivity contribution in [2.24, 2.45) is 27.6 Å². The van der Waals surface area contributed by atoms with E-state index >= 15 is 0 Å². The molecule has 26 heteroatoms. The second-order valence-electron chi connectivity index (χ2n) is 19.2. The number of rotatable bonds is 29. The molecule has 25 nitrogen and oxygen atoms in total. The molecule has 0 radical (unpaired) electrons. The number of aliphatic imine (C=N–C) groups is 1. The first kappa shape index (κ1) is 66.2. The number of esters is 1. The lowest BCUT2D eigenvalue weighted by Gasteiger charge is -2.30. The van der Waals surface area contributed by atoms with E-state index < -0.39 is 77.6 Å². The van der Waals surface area contributed by atoms with Crippen molar-refractivity contribution in [3.05, 3.63) is 58.7 Å². The number of hydrazone groups is 1. The number of likely N-dealkylation sites (N-methyl/N-ethyl adjacent to an activating group) is 1. The third-order valence-corrected chi connectivity index (χ3v) is 13.9. The maximum atomic E-state index is 14.3. The van der Waals surface area contributed by atoms with Gasteiger partial charge in [-0.05, 0) is 44.9 Å². The second-order valence-corrected chi connectivity index (χ2v) is 19.6. The number of methoxy groups -OCH3 is 2. The van der Waals surface area contributed by atoms with E-state index in [9.17, 15) is 33.6 Å². The number of amides is 5. The van der Waals surface area contributed by atoms with Crippen LogP contribution in [0.1, 0.15) is 58.9 Å². The van der Waals surface area contributed by atoms with Crippen LogP contribution in [0.4, 0.5) is 5.69 Å². The molecule has 0 aromatic heterocycles. The highest BCUT2D eigenvalue weighted by Gasteiger charge is 2.63. The number of carbonyl (C=O) groups excluding carboxylic acids is 7. The molecule has 1 fully saturated rings. The van der Waals surface area contributed by atoms with Crippen LogP contribution >= 0.6 is 11.6 Å². The van der Waals surface area contributed by atoms with E-state index in [1.54, 1.807) is 26.1 Å². The zero-order valence-electron chi connectivity index (χ0n) is 47.0. The molecule has 5 amide bonds. The summed E-state index contributed by atoms with van der Waals surface area (Å²) in [7, 11) is 6.05. The number of benzene rings is 1. The normalized spacial score (nSPS) is 24.2. The maximum Gasteiger partial charge on any atom is 0.328 e. The molecule has 3 aliphatic heterocycles. The van der Waals surface area contributed by atoms with Crippen molar-refractivity contribution >= 4 is 71.4 Å². The number of carbonyl (C=O) groups is 7. The van der Waals surface area contributed by atoms with Gasteiger partial charge in [0.2, 0.25) is 23.6 Å². The molecule has 80 heavy (non-hydrogen) atoms. The van der Waals surface area contributed by atoms with Gasteiger partial charge in [-0.3, -0.25) is 38.7 Å². The van der Waals surface area contributed by atoms with E-state index in [-0.39, 0.29) is 95.2 Å². The Balaban J connectivity index is 1.20. The number of allylic oxidation sites excluding steroid dienone is 3. The van der Waals surface area contributed by atoms with Gasteiger partial charge in [-0.1, -0.05) is 42.3 Å². The summed E-state index contributed by atoms with van der Waals surface area (Å²) in [5.74, 6) is 2.56. The Hall–Kier alpha value is -6.32. The molecule has 1 aromatic carbocycles. The van der Waals surface area contributed by atoms with Crippen LogP contribution in [0.25, 0.3) is 0 Å². The second kappa shape index (κ2) is 34.1. The van der Waals surface area contributed by atoms with Crippen molar-refractivity contribution in [2.75, 3.05) is 112 Å². The molecule has 5 N–H and O–H groups in total. The van der Waals surface area contributed by atoms with Crippen LogP contribution in [-0.2, 0) is 82.6 Å². The van der Waals surface area contributed by atoms with Gasteiger partial charge in [0.05, 0.1) is 103 Å². The van der Waals surface area contributed by atoms with Gasteiger partial charge in [-0.15, -0.1) is 5.10 Å². The largest absolute Gasteiger partial charge is 0.495 e. The van der Waals surface area contributed by atoms with Crippen molar-refractivity contribution < 1.29 is 80.9 Å². The summed E-state index contributed by atoms with van der Waals surface area (Å²) in [5.41, 5.74) is 7.56. The molecule has 3 aliphatic rings. The van der Waals surface area contributed by atoms with Gasteiger partial charge in [0.1, 0.15) is 41.2 Å². The molecule has 0 spiro atoms. The Morgan fingerprint density at radius 2 is 1.65 bits per heavy atom. The first-order valence-corrected chi connectivity index (χ1v) is 26.7. The summed E-state index contributed by atoms with van der Waals surface area (Å²) in [5, 5.41) is 6.43. The van der Waals surface area contributed by atoms with Gasteiger partial charge in [-0.2, -0.15) is 0 Å². The van der Waals surface area contributed by atoms with Crippen LogP contribution in [0.2, 0.25) is 5.02 Å². The lowest BCUT2D eigenvalue weighted by molar-refractivity contribution is -0.162. The third-order valence-electron chi connectivity index (χ3n) is 13.6. The van der Waals surface area contributed by atoms with Crippen LogP contribution in [0, 0.1) is 5.92 Å². The Morgan fingerprint density at radius 3 is 2.30 bits per heavy atom. The highest BCUT2D eigenvalue weighted by molar-refractivity contribution is 6.35.